The molecule has 0 spiro atoms. The van der Waals surface area contributed by atoms with E-state index in [2.05, 4.69) is 4.98 Å². The fraction of sp³-hybridized carbons (Fsp3) is 0.185. The molecule has 0 atom stereocenters. The first-order valence-electron chi connectivity index (χ1n) is 10.7. The maximum Gasteiger partial charge on any atom is 0.253 e. The molecule has 0 radical (unpaired) electrons. The van der Waals surface area contributed by atoms with E-state index in [-0.39, 0.29) is 24.4 Å². The number of nitrogens with zero attached hydrogens (tertiary/aromatic N) is 1. The van der Waals surface area contributed by atoms with Crippen LogP contribution in [0.25, 0.3) is 10.9 Å². The molecule has 6 heteroatoms. The Kier molecular flexibility index (Phi) is 6.45. The molecule has 1 heterocycles. The van der Waals surface area contributed by atoms with Crippen LogP contribution in [0.1, 0.15) is 16.7 Å². The van der Waals surface area contributed by atoms with Crippen molar-refractivity contribution in [2.75, 3.05) is 19.1 Å². The zero-order valence-electron chi connectivity index (χ0n) is 18.9. The Hall–Kier alpha value is -4.06. The lowest BCUT2D eigenvalue weighted by Gasteiger charge is -2.25. The molecule has 0 aliphatic carbocycles. The molecule has 0 aliphatic heterocycles. The first-order chi connectivity index (χ1) is 16.0. The molecule has 0 aliphatic rings. The van der Waals surface area contributed by atoms with Crippen LogP contribution >= 0.6 is 0 Å². The number of pyridine rings is 1. The van der Waals surface area contributed by atoms with Crippen LogP contribution in [0.2, 0.25) is 0 Å². The molecule has 0 saturated carbocycles. The van der Waals surface area contributed by atoms with E-state index in [1.165, 1.54) is 0 Å². The molecular formula is C27H26N2O4. The minimum absolute atomic E-state index is 0.120. The SMILES string of the molecule is COc1ccc(CC(=O)N(Cc2cc3cc(C)ccc3[nH]c2=O)c2ccccc2OC)cc1. The van der Waals surface area contributed by atoms with Gasteiger partial charge >= 0.3 is 0 Å². The largest absolute Gasteiger partial charge is 0.497 e. The molecule has 0 unspecified atom stereocenters. The summed E-state index contributed by atoms with van der Waals surface area (Å²) in [6.45, 7) is 2.12. The second kappa shape index (κ2) is 9.61. The predicted molar refractivity (Wildman–Crippen MR) is 130 cm³/mol. The van der Waals surface area contributed by atoms with Gasteiger partial charge in [-0.25, -0.2) is 0 Å². The predicted octanol–water partition coefficient (Wildman–Crippen LogP) is 4.63. The number of benzene rings is 3. The smallest absolute Gasteiger partial charge is 0.253 e. The van der Waals surface area contributed by atoms with Crippen molar-refractivity contribution >= 4 is 22.5 Å². The Balaban J connectivity index is 1.72. The summed E-state index contributed by atoms with van der Waals surface area (Å²) in [6, 6.07) is 22.4. The number of carbonyl (C=O) groups is 1. The second-order valence-corrected chi connectivity index (χ2v) is 7.89. The molecule has 3 aromatic carbocycles. The fourth-order valence-electron chi connectivity index (χ4n) is 3.83. The number of carbonyl (C=O) groups excluding carboxylic acids is 1. The fourth-order valence-corrected chi connectivity index (χ4v) is 3.83. The first-order valence-corrected chi connectivity index (χ1v) is 10.7. The van der Waals surface area contributed by atoms with Crippen LogP contribution in [0, 0.1) is 6.92 Å². The summed E-state index contributed by atoms with van der Waals surface area (Å²) in [6.07, 6.45) is 0.173. The van der Waals surface area contributed by atoms with Gasteiger partial charge in [0, 0.05) is 11.1 Å². The highest BCUT2D eigenvalue weighted by atomic mass is 16.5. The van der Waals surface area contributed by atoms with E-state index in [1.807, 2.05) is 73.7 Å². The Morgan fingerprint density at radius 3 is 2.42 bits per heavy atom. The van der Waals surface area contributed by atoms with Gasteiger partial charge in [-0.15, -0.1) is 0 Å². The average Bonchev–Trinajstić information content (AvgIpc) is 2.83. The monoisotopic (exact) mass is 442 g/mol. The lowest BCUT2D eigenvalue weighted by molar-refractivity contribution is -0.118. The lowest BCUT2D eigenvalue weighted by atomic mass is 10.1. The van der Waals surface area contributed by atoms with Crippen molar-refractivity contribution in [1.29, 1.82) is 0 Å². The van der Waals surface area contributed by atoms with Gasteiger partial charge in [0.25, 0.3) is 5.56 Å². The van der Waals surface area contributed by atoms with Gasteiger partial charge in [0.2, 0.25) is 5.91 Å². The summed E-state index contributed by atoms with van der Waals surface area (Å²) < 4.78 is 10.7. The number of aromatic amines is 1. The van der Waals surface area contributed by atoms with Crippen LogP contribution < -0.4 is 19.9 Å². The van der Waals surface area contributed by atoms with E-state index < -0.39 is 0 Å². The molecule has 0 fully saturated rings. The summed E-state index contributed by atoms with van der Waals surface area (Å²) >= 11 is 0. The molecule has 4 rings (SSSR count). The van der Waals surface area contributed by atoms with Gasteiger partial charge in [-0.1, -0.05) is 35.9 Å². The number of rotatable bonds is 7. The van der Waals surface area contributed by atoms with Crippen molar-refractivity contribution in [2.24, 2.45) is 0 Å². The van der Waals surface area contributed by atoms with E-state index in [1.54, 1.807) is 25.2 Å². The van der Waals surface area contributed by atoms with Crippen molar-refractivity contribution in [3.63, 3.8) is 0 Å². The highest BCUT2D eigenvalue weighted by Gasteiger charge is 2.21. The molecule has 33 heavy (non-hydrogen) atoms. The third kappa shape index (κ3) is 4.90. The number of ether oxygens (including phenoxy) is 2. The van der Waals surface area contributed by atoms with Gasteiger partial charge in [-0.05, 0) is 60.3 Å². The molecule has 6 nitrogen and oxygen atoms in total. The molecule has 1 N–H and O–H groups in total. The number of hydrogen-bond acceptors (Lipinski definition) is 4. The van der Waals surface area contributed by atoms with Crippen LogP contribution in [0.5, 0.6) is 11.5 Å². The van der Waals surface area contributed by atoms with Gasteiger partial charge in [-0.3, -0.25) is 9.59 Å². The third-order valence-corrected chi connectivity index (χ3v) is 5.60. The standard InChI is InChI=1S/C27H26N2O4/c1-18-8-13-23-20(14-18)16-21(27(31)28-23)17-29(24-6-4-5-7-25(24)33-3)26(30)15-19-9-11-22(32-2)12-10-19/h4-14,16H,15,17H2,1-3H3,(H,28,31). The number of para-hydroxylation sites is 2. The summed E-state index contributed by atoms with van der Waals surface area (Å²) in [5.74, 6) is 1.15. The molecular weight excluding hydrogens is 416 g/mol. The Morgan fingerprint density at radius 2 is 1.70 bits per heavy atom. The summed E-state index contributed by atoms with van der Waals surface area (Å²) in [5, 5.41) is 0.923. The maximum atomic E-state index is 13.5. The van der Waals surface area contributed by atoms with Crippen LogP contribution in [0.4, 0.5) is 5.69 Å². The summed E-state index contributed by atoms with van der Waals surface area (Å²) in [5.41, 5.74) is 3.61. The average molecular weight is 443 g/mol. The van der Waals surface area contributed by atoms with Gasteiger partial charge in [0.15, 0.2) is 0 Å². The van der Waals surface area contributed by atoms with E-state index >= 15 is 0 Å². The molecule has 4 aromatic rings. The van der Waals surface area contributed by atoms with Crippen LogP contribution in [-0.2, 0) is 17.8 Å². The zero-order chi connectivity index (χ0) is 23.4. The van der Waals surface area contributed by atoms with Gasteiger partial charge < -0.3 is 19.4 Å². The number of anilines is 1. The normalized spacial score (nSPS) is 10.8. The van der Waals surface area contributed by atoms with Crippen LogP contribution in [0.15, 0.2) is 77.6 Å². The molecule has 0 saturated heterocycles. The number of aromatic nitrogens is 1. The highest BCUT2D eigenvalue weighted by molar-refractivity contribution is 5.96. The zero-order valence-corrected chi connectivity index (χ0v) is 18.9. The summed E-state index contributed by atoms with van der Waals surface area (Å²) in [4.78, 5) is 30.9. The van der Waals surface area contributed by atoms with Crippen LogP contribution in [0.3, 0.4) is 0 Å². The first kappa shape index (κ1) is 22.1. The number of hydrogen-bond donors (Lipinski definition) is 1. The Morgan fingerprint density at radius 1 is 0.939 bits per heavy atom. The molecule has 168 valence electrons. The number of fused-ring (bicyclic) bond motifs is 1. The highest BCUT2D eigenvalue weighted by Crippen LogP contribution is 2.30. The number of nitrogens with one attached hydrogen (secondary N) is 1. The minimum Gasteiger partial charge on any atom is -0.497 e. The Bertz CT molecular complexity index is 1340. The molecule has 1 aromatic heterocycles. The van der Waals surface area contributed by atoms with Crippen molar-refractivity contribution < 1.29 is 14.3 Å². The quantitative estimate of drug-likeness (QED) is 0.453. The Labute approximate surface area is 192 Å². The third-order valence-electron chi connectivity index (χ3n) is 5.60. The van der Waals surface area contributed by atoms with Crippen LogP contribution in [-0.4, -0.2) is 25.1 Å². The topological polar surface area (TPSA) is 71.6 Å². The van der Waals surface area contributed by atoms with E-state index in [4.69, 9.17) is 9.47 Å². The van der Waals surface area contributed by atoms with Gasteiger partial charge in [0.05, 0.1) is 32.9 Å². The number of aryl methyl sites for hydroxylation is 1. The van der Waals surface area contributed by atoms with Crippen molar-refractivity contribution in [1.82, 2.24) is 4.98 Å². The number of methoxy groups -OCH3 is 2. The minimum atomic E-state index is -0.219. The maximum absolute atomic E-state index is 13.5. The summed E-state index contributed by atoms with van der Waals surface area (Å²) in [7, 11) is 3.17. The van der Waals surface area contributed by atoms with Crippen molar-refractivity contribution in [3.05, 3.63) is 99.8 Å². The molecule has 1 amide bonds. The van der Waals surface area contributed by atoms with Gasteiger partial charge in [0.1, 0.15) is 11.5 Å². The van der Waals surface area contributed by atoms with Crippen molar-refractivity contribution in [2.45, 2.75) is 19.9 Å². The lowest BCUT2D eigenvalue weighted by Crippen LogP contribution is -2.34. The van der Waals surface area contributed by atoms with E-state index in [9.17, 15) is 9.59 Å². The van der Waals surface area contributed by atoms with Gasteiger partial charge in [-0.2, -0.15) is 0 Å². The van der Waals surface area contributed by atoms with Crippen molar-refractivity contribution in [3.8, 4) is 11.5 Å². The van der Waals surface area contributed by atoms with E-state index in [0.29, 0.717) is 17.0 Å². The number of H-pyrrole nitrogens is 1. The van der Waals surface area contributed by atoms with E-state index in [0.717, 1.165) is 27.8 Å². The molecule has 0 bridgehead atoms. The number of amides is 1. The second-order valence-electron chi connectivity index (χ2n) is 7.89.